The van der Waals surface area contributed by atoms with Crippen molar-refractivity contribution < 1.29 is 14.0 Å². The number of hydrogen-bond donors (Lipinski definition) is 2. The average molecular weight is 456 g/mol. The summed E-state index contributed by atoms with van der Waals surface area (Å²) in [7, 11) is 1.76. The number of anilines is 1. The van der Waals surface area contributed by atoms with E-state index in [0.717, 1.165) is 23.2 Å². The van der Waals surface area contributed by atoms with E-state index >= 15 is 0 Å². The number of nitrogens with one attached hydrogen (secondary N) is 2. The topological polar surface area (TPSA) is 88.9 Å². The lowest BCUT2D eigenvalue weighted by Gasteiger charge is -2.14. The minimum absolute atomic E-state index is 0.0320. The summed E-state index contributed by atoms with van der Waals surface area (Å²) in [5, 5.41) is 14.5. The van der Waals surface area contributed by atoms with Gasteiger partial charge in [-0.3, -0.25) is 9.59 Å². The Balaban J connectivity index is 1.62. The summed E-state index contributed by atoms with van der Waals surface area (Å²) in [4.78, 5) is 24.9. The van der Waals surface area contributed by atoms with Crippen LogP contribution in [0.2, 0.25) is 0 Å². The summed E-state index contributed by atoms with van der Waals surface area (Å²) in [6, 6.07) is 11.2. The van der Waals surface area contributed by atoms with Crippen LogP contribution in [0, 0.1) is 12.7 Å². The van der Waals surface area contributed by atoms with E-state index in [1.165, 1.54) is 30.0 Å². The minimum atomic E-state index is -0.586. The zero-order valence-corrected chi connectivity index (χ0v) is 19.3. The predicted molar refractivity (Wildman–Crippen MR) is 123 cm³/mol. The molecule has 0 radical (unpaired) electrons. The highest BCUT2D eigenvalue weighted by atomic mass is 32.2. The van der Waals surface area contributed by atoms with Crippen molar-refractivity contribution in [2.45, 2.75) is 38.4 Å². The SMILES string of the molecule is CCc1cccc(C)c1NC(=O)CSc1nnc([C@@H](C)NC(=O)c2ccccc2F)n1C. The molecular weight excluding hydrogens is 429 g/mol. The molecule has 0 saturated carbocycles. The van der Waals surface area contributed by atoms with Gasteiger partial charge in [-0.2, -0.15) is 0 Å². The van der Waals surface area contributed by atoms with Crippen molar-refractivity contribution in [3.63, 3.8) is 0 Å². The van der Waals surface area contributed by atoms with E-state index in [1.54, 1.807) is 24.6 Å². The van der Waals surface area contributed by atoms with Gasteiger partial charge in [-0.1, -0.05) is 49.0 Å². The Kier molecular flexibility index (Phi) is 7.63. The number of hydrogen-bond acceptors (Lipinski definition) is 5. The first-order chi connectivity index (χ1) is 15.3. The summed E-state index contributed by atoms with van der Waals surface area (Å²) >= 11 is 1.25. The van der Waals surface area contributed by atoms with Crippen LogP contribution in [-0.2, 0) is 18.3 Å². The summed E-state index contributed by atoms with van der Waals surface area (Å²) in [6.07, 6.45) is 0.827. The Morgan fingerprint density at radius 1 is 1.16 bits per heavy atom. The van der Waals surface area contributed by atoms with Crippen molar-refractivity contribution in [1.82, 2.24) is 20.1 Å². The summed E-state index contributed by atoms with van der Waals surface area (Å²) in [5.41, 5.74) is 2.92. The van der Waals surface area contributed by atoms with Crippen LogP contribution in [0.1, 0.15) is 47.2 Å². The maximum absolute atomic E-state index is 13.8. The molecule has 0 saturated heterocycles. The third-order valence-corrected chi connectivity index (χ3v) is 6.08. The largest absolute Gasteiger partial charge is 0.342 e. The molecule has 1 heterocycles. The van der Waals surface area contributed by atoms with Crippen LogP contribution in [0.15, 0.2) is 47.6 Å². The summed E-state index contributed by atoms with van der Waals surface area (Å²) < 4.78 is 15.6. The molecule has 1 aromatic heterocycles. The summed E-state index contributed by atoms with van der Waals surface area (Å²) in [5.74, 6) is -0.581. The Hall–Kier alpha value is -3.20. The molecule has 1 atom stereocenters. The van der Waals surface area contributed by atoms with Crippen molar-refractivity contribution in [3.05, 3.63) is 70.8 Å². The molecule has 0 fully saturated rings. The Bertz CT molecular complexity index is 1130. The summed E-state index contributed by atoms with van der Waals surface area (Å²) in [6.45, 7) is 5.76. The van der Waals surface area contributed by atoms with E-state index in [0.29, 0.717) is 11.0 Å². The van der Waals surface area contributed by atoms with E-state index < -0.39 is 17.8 Å². The van der Waals surface area contributed by atoms with Crippen molar-refractivity contribution in [2.75, 3.05) is 11.1 Å². The first kappa shape index (κ1) is 23.5. The van der Waals surface area contributed by atoms with Gasteiger partial charge in [-0.25, -0.2) is 4.39 Å². The molecule has 0 spiro atoms. The molecule has 0 unspecified atom stereocenters. The monoisotopic (exact) mass is 455 g/mol. The minimum Gasteiger partial charge on any atom is -0.342 e. The van der Waals surface area contributed by atoms with Gasteiger partial charge >= 0.3 is 0 Å². The second kappa shape index (κ2) is 10.4. The number of halogens is 1. The average Bonchev–Trinajstić information content (AvgIpc) is 3.14. The van der Waals surface area contributed by atoms with Crippen molar-refractivity contribution in [3.8, 4) is 0 Å². The highest BCUT2D eigenvalue weighted by Gasteiger charge is 2.20. The fraction of sp³-hybridized carbons (Fsp3) is 0.304. The van der Waals surface area contributed by atoms with Gasteiger partial charge in [0.1, 0.15) is 5.82 Å². The van der Waals surface area contributed by atoms with Gasteiger partial charge in [0, 0.05) is 12.7 Å². The van der Waals surface area contributed by atoms with Crippen LogP contribution < -0.4 is 10.6 Å². The molecule has 0 bridgehead atoms. The number of nitrogens with zero attached hydrogens (tertiary/aromatic N) is 3. The maximum Gasteiger partial charge on any atom is 0.254 e. The smallest absolute Gasteiger partial charge is 0.254 e. The fourth-order valence-corrected chi connectivity index (χ4v) is 4.04. The van der Waals surface area contributed by atoms with Crippen LogP contribution >= 0.6 is 11.8 Å². The lowest BCUT2D eigenvalue weighted by Crippen LogP contribution is -2.29. The lowest BCUT2D eigenvalue weighted by atomic mass is 10.1. The van der Waals surface area contributed by atoms with Crippen molar-refractivity contribution >= 4 is 29.3 Å². The number of benzene rings is 2. The van der Waals surface area contributed by atoms with Gasteiger partial charge in [0.2, 0.25) is 5.91 Å². The number of amides is 2. The van der Waals surface area contributed by atoms with E-state index in [2.05, 4.69) is 20.8 Å². The molecular formula is C23H26FN5O2S. The third-order valence-electron chi connectivity index (χ3n) is 5.06. The van der Waals surface area contributed by atoms with Crippen LogP contribution in [0.4, 0.5) is 10.1 Å². The number of thioether (sulfide) groups is 1. The van der Waals surface area contributed by atoms with E-state index in [4.69, 9.17) is 0 Å². The quantitative estimate of drug-likeness (QED) is 0.501. The molecule has 2 N–H and O–H groups in total. The number of aromatic nitrogens is 3. The highest BCUT2D eigenvalue weighted by molar-refractivity contribution is 7.99. The Morgan fingerprint density at radius 3 is 2.62 bits per heavy atom. The van der Waals surface area contributed by atoms with Gasteiger partial charge in [0.05, 0.1) is 17.4 Å². The molecule has 2 aromatic carbocycles. The zero-order chi connectivity index (χ0) is 23.3. The molecule has 168 valence electrons. The van der Waals surface area contributed by atoms with Gasteiger partial charge in [0.25, 0.3) is 5.91 Å². The Labute approximate surface area is 190 Å². The van der Waals surface area contributed by atoms with Crippen molar-refractivity contribution in [2.24, 2.45) is 7.05 Å². The van der Waals surface area contributed by atoms with E-state index in [1.807, 2.05) is 32.0 Å². The molecule has 3 aromatic rings. The van der Waals surface area contributed by atoms with E-state index in [-0.39, 0.29) is 17.2 Å². The van der Waals surface area contributed by atoms with Gasteiger partial charge < -0.3 is 15.2 Å². The molecule has 0 aliphatic rings. The number of para-hydroxylation sites is 1. The number of aryl methyl sites for hydroxylation is 2. The molecule has 2 amide bonds. The normalized spacial score (nSPS) is 11.8. The van der Waals surface area contributed by atoms with Gasteiger partial charge in [0.15, 0.2) is 11.0 Å². The number of rotatable bonds is 8. The van der Waals surface area contributed by atoms with Crippen LogP contribution in [0.3, 0.4) is 0 Å². The fourth-order valence-electron chi connectivity index (χ4n) is 3.32. The molecule has 7 nitrogen and oxygen atoms in total. The van der Waals surface area contributed by atoms with Crippen LogP contribution in [-0.4, -0.2) is 32.3 Å². The Morgan fingerprint density at radius 2 is 1.91 bits per heavy atom. The number of carbonyl (C=O) groups excluding carboxylic acids is 2. The second-order valence-corrected chi connectivity index (χ2v) is 8.32. The highest BCUT2D eigenvalue weighted by Crippen LogP contribution is 2.23. The van der Waals surface area contributed by atoms with Crippen LogP contribution in [0.25, 0.3) is 0 Å². The second-order valence-electron chi connectivity index (χ2n) is 7.37. The number of carbonyl (C=O) groups is 2. The molecule has 9 heteroatoms. The first-order valence-corrected chi connectivity index (χ1v) is 11.3. The first-order valence-electron chi connectivity index (χ1n) is 10.3. The molecule has 0 aliphatic heterocycles. The maximum atomic E-state index is 13.8. The van der Waals surface area contributed by atoms with Crippen molar-refractivity contribution in [1.29, 1.82) is 0 Å². The van der Waals surface area contributed by atoms with E-state index in [9.17, 15) is 14.0 Å². The molecule has 3 rings (SSSR count). The standard InChI is InChI=1S/C23H26FN5O2S/c1-5-16-10-8-9-14(2)20(16)26-19(30)13-32-23-28-27-21(29(23)4)15(3)25-22(31)17-11-6-7-12-18(17)24/h6-12,15H,5,13H2,1-4H3,(H,25,31)(H,26,30)/t15-/m1/s1. The van der Waals surface area contributed by atoms with Gasteiger partial charge in [-0.15, -0.1) is 10.2 Å². The third kappa shape index (κ3) is 5.34. The van der Waals surface area contributed by atoms with Gasteiger partial charge in [-0.05, 0) is 43.5 Å². The zero-order valence-electron chi connectivity index (χ0n) is 18.5. The lowest BCUT2D eigenvalue weighted by molar-refractivity contribution is -0.113. The molecule has 32 heavy (non-hydrogen) atoms. The predicted octanol–water partition coefficient (Wildman–Crippen LogP) is 4.05. The molecule has 0 aliphatic carbocycles. The van der Waals surface area contributed by atoms with Crippen LogP contribution in [0.5, 0.6) is 0 Å².